The van der Waals surface area contributed by atoms with Gasteiger partial charge in [0.15, 0.2) is 0 Å². The maximum absolute atomic E-state index is 14.7. The Hall–Kier alpha value is -2.58. The number of hydrogen-bond acceptors (Lipinski definition) is 6. The van der Waals surface area contributed by atoms with Crippen molar-refractivity contribution in [3.05, 3.63) is 54.6 Å². The molecule has 2 amide bonds. The number of rotatable bonds is 10. The molecular weight excluding hydrogens is 488 g/mol. The van der Waals surface area contributed by atoms with E-state index in [4.69, 9.17) is 4.74 Å². The van der Waals surface area contributed by atoms with E-state index in [0.29, 0.717) is 19.3 Å². The molecule has 0 radical (unpaired) electrons. The molecule has 8 heteroatoms. The Morgan fingerprint density at radius 1 is 1.27 bits per heavy atom. The zero-order valence-electron chi connectivity index (χ0n) is 22.2. The third-order valence-electron chi connectivity index (χ3n) is 8.41. The monoisotopic (exact) mass is 526 g/mol. The number of thioether (sulfide) groups is 1. The molecule has 3 fully saturated rings. The van der Waals surface area contributed by atoms with Crippen LogP contribution in [-0.4, -0.2) is 69.1 Å². The minimum absolute atomic E-state index is 0.0734. The lowest BCUT2D eigenvalue weighted by Gasteiger charge is -2.40. The van der Waals surface area contributed by atoms with Crippen LogP contribution in [0.4, 0.5) is 5.69 Å². The molecule has 4 rings (SSSR count). The molecule has 2 bridgehead atoms. The lowest BCUT2D eigenvalue weighted by Crippen LogP contribution is -2.57. The maximum atomic E-state index is 14.7. The fourth-order valence-electron chi connectivity index (χ4n) is 6.84. The van der Waals surface area contributed by atoms with Crippen LogP contribution in [0.2, 0.25) is 0 Å². The van der Waals surface area contributed by atoms with E-state index in [-0.39, 0.29) is 31.6 Å². The second kappa shape index (κ2) is 10.3. The Morgan fingerprint density at radius 3 is 2.51 bits per heavy atom. The quantitative estimate of drug-likeness (QED) is 0.369. The molecule has 6 atom stereocenters. The largest absolute Gasteiger partial charge is 0.461 e. The second-order valence-electron chi connectivity index (χ2n) is 10.6. The van der Waals surface area contributed by atoms with E-state index >= 15 is 0 Å². The van der Waals surface area contributed by atoms with Crippen LogP contribution in [0.5, 0.6) is 0 Å². The Labute approximate surface area is 223 Å². The zero-order chi connectivity index (χ0) is 27.1. The summed E-state index contributed by atoms with van der Waals surface area (Å²) in [5, 5.41) is 10.3. The maximum Gasteiger partial charge on any atom is 0.311 e. The van der Waals surface area contributed by atoms with Crippen LogP contribution in [0, 0.1) is 25.7 Å². The number of aliphatic hydroxyl groups excluding tert-OH is 1. The molecule has 7 nitrogen and oxygen atoms in total. The minimum atomic E-state index is -0.815. The standard InChI is InChI=1S/C29H38N2O5S/c1-7-15-30(23-18(4)11-10-12-19(23)5)26(34)24-29-14-13-28(6,37-29)22(27(35)36-16-8-2)21(29)25(33)31(24)20(9-3)17-32/h7-8,10-12,20-22,24,32H,1-2,9,13-17H2,3-6H3/t20-,21-,22-,24?,28+,29?/m0/s1. The first-order chi connectivity index (χ1) is 17.6. The van der Waals surface area contributed by atoms with Crippen molar-refractivity contribution in [1.82, 2.24) is 4.90 Å². The molecule has 1 aromatic rings. The van der Waals surface area contributed by atoms with E-state index in [1.807, 2.05) is 45.9 Å². The van der Waals surface area contributed by atoms with Crippen LogP contribution < -0.4 is 4.90 Å². The summed E-state index contributed by atoms with van der Waals surface area (Å²) in [4.78, 5) is 45.5. The topological polar surface area (TPSA) is 87.1 Å². The van der Waals surface area contributed by atoms with Gasteiger partial charge in [-0.1, -0.05) is 43.9 Å². The highest BCUT2D eigenvalue weighted by Gasteiger charge is 2.78. The summed E-state index contributed by atoms with van der Waals surface area (Å²) in [5.41, 5.74) is 2.72. The molecule has 37 heavy (non-hydrogen) atoms. The summed E-state index contributed by atoms with van der Waals surface area (Å²) in [7, 11) is 0. The number of nitrogens with zero attached hydrogens (tertiary/aromatic N) is 2. The van der Waals surface area contributed by atoms with Gasteiger partial charge in [0.2, 0.25) is 5.91 Å². The number of fused-ring (bicyclic) bond motifs is 1. The van der Waals surface area contributed by atoms with Crippen LogP contribution in [0.25, 0.3) is 0 Å². The molecule has 200 valence electrons. The van der Waals surface area contributed by atoms with Crippen LogP contribution in [-0.2, 0) is 19.1 Å². The molecule has 3 aliphatic rings. The summed E-state index contributed by atoms with van der Waals surface area (Å²) in [6.07, 6.45) is 5.04. The van der Waals surface area contributed by atoms with Crippen LogP contribution in [0.3, 0.4) is 0 Å². The van der Waals surface area contributed by atoms with Gasteiger partial charge < -0.3 is 19.6 Å². The fraction of sp³-hybridized carbons (Fsp3) is 0.552. The molecule has 0 aromatic heterocycles. The van der Waals surface area contributed by atoms with Crippen LogP contribution in [0.1, 0.15) is 44.2 Å². The molecule has 3 aliphatic heterocycles. The van der Waals surface area contributed by atoms with Gasteiger partial charge in [0, 0.05) is 17.0 Å². The zero-order valence-corrected chi connectivity index (χ0v) is 23.1. The molecule has 3 saturated heterocycles. The highest BCUT2D eigenvalue weighted by Crippen LogP contribution is 2.72. The SMILES string of the molecule is C=CCOC(=O)[C@@H]1[C@H]2C(=O)N([C@@H](CC)CO)C(C(=O)N(CC=C)c3c(C)cccc3C)C23CC[C@@]1(C)S3. The fourth-order valence-corrected chi connectivity index (χ4v) is 9.16. The number of carbonyl (C=O) groups excluding carboxylic acids is 3. The third kappa shape index (κ3) is 4.13. The van der Waals surface area contributed by atoms with Crippen molar-refractivity contribution in [3.63, 3.8) is 0 Å². The first-order valence-electron chi connectivity index (χ1n) is 13.0. The van der Waals surface area contributed by atoms with Gasteiger partial charge in [-0.3, -0.25) is 14.4 Å². The number of amides is 2. The predicted molar refractivity (Wildman–Crippen MR) is 146 cm³/mol. The Bertz CT molecular complexity index is 1100. The molecule has 1 aromatic carbocycles. The van der Waals surface area contributed by atoms with Crippen molar-refractivity contribution in [1.29, 1.82) is 0 Å². The first-order valence-corrected chi connectivity index (χ1v) is 13.8. The molecule has 1 spiro atoms. The number of aryl methyl sites for hydroxylation is 2. The van der Waals surface area contributed by atoms with Gasteiger partial charge in [0.25, 0.3) is 5.91 Å². The minimum Gasteiger partial charge on any atom is -0.461 e. The van der Waals surface area contributed by atoms with Crippen molar-refractivity contribution in [2.24, 2.45) is 11.8 Å². The first kappa shape index (κ1) is 27.5. The van der Waals surface area contributed by atoms with Crippen LogP contribution in [0.15, 0.2) is 43.5 Å². The number of aliphatic hydroxyl groups is 1. The summed E-state index contributed by atoms with van der Waals surface area (Å²) >= 11 is 1.60. The molecule has 0 saturated carbocycles. The predicted octanol–water partition coefficient (Wildman–Crippen LogP) is 3.80. The highest BCUT2D eigenvalue weighted by atomic mass is 32.2. The number of hydrogen-bond donors (Lipinski definition) is 1. The van der Waals surface area contributed by atoms with Gasteiger partial charge in [-0.25, -0.2) is 0 Å². The number of benzene rings is 1. The average Bonchev–Trinajstić information content (AvgIpc) is 3.43. The number of likely N-dealkylation sites (tertiary alicyclic amines) is 1. The van der Waals surface area contributed by atoms with E-state index in [1.165, 1.54) is 6.08 Å². The number of anilines is 1. The van der Waals surface area contributed by atoms with E-state index in [9.17, 15) is 19.5 Å². The van der Waals surface area contributed by atoms with Gasteiger partial charge >= 0.3 is 5.97 Å². The van der Waals surface area contributed by atoms with Gasteiger partial charge in [-0.05, 0) is 51.2 Å². The second-order valence-corrected chi connectivity index (χ2v) is 12.5. The molecule has 3 heterocycles. The van der Waals surface area contributed by atoms with Crippen molar-refractivity contribution in [3.8, 4) is 0 Å². The van der Waals surface area contributed by atoms with E-state index in [0.717, 1.165) is 16.8 Å². The van der Waals surface area contributed by atoms with E-state index < -0.39 is 39.4 Å². The number of para-hydroxylation sites is 1. The average molecular weight is 527 g/mol. The summed E-state index contributed by atoms with van der Waals surface area (Å²) < 4.78 is 4.19. The van der Waals surface area contributed by atoms with Gasteiger partial charge in [-0.2, -0.15) is 0 Å². The van der Waals surface area contributed by atoms with Crippen molar-refractivity contribution >= 4 is 35.2 Å². The van der Waals surface area contributed by atoms with Gasteiger partial charge in [0.1, 0.15) is 12.6 Å². The Kier molecular flexibility index (Phi) is 7.64. The highest BCUT2D eigenvalue weighted by molar-refractivity contribution is 8.02. The van der Waals surface area contributed by atoms with Crippen molar-refractivity contribution < 1.29 is 24.2 Å². The van der Waals surface area contributed by atoms with Crippen molar-refractivity contribution in [2.75, 3.05) is 24.7 Å². The molecule has 1 N–H and O–H groups in total. The van der Waals surface area contributed by atoms with E-state index in [2.05, 4.69) is 13.2 Å². The molecule has 2 unspecified atom stereocenters. The normalized spacial score (nSPS) is 30.7. The molecule has 0 aliphatic carbocycles. The summed E-state index contributed by atoms with van der Waals surface area (Å²) in [6.45, 7) is 15.5. The van der Waals surface area contributed by atoms with E-state index in [1.54, 1.807) is 27.6 Å². The summed E-state index contributed by atoms with van der Waals surface area (Å²) in [5.74, 6) is -2.21. The number of ether oxygens (including phenoxy) is 1. The smallest absolute Gasteiger partial charge is 0.311 e. The Morgan fingerprint density at radius 2 is 1.95 bits per heavy atom. The lowest BCUT2D eigenvalue weighted by atomic mass is 9.66. The summed E-state index contributed by atoms with van der Waals surface area (Å²) in [6, 6.07) is 4.55. The van der Waals surface area contributed by atoms with Gasteiger partial charge in [0.05, 0.1) is 29.2 Å². The van der Waals surface area contributed by atoms with Gasteiger partial charge in [-0.15, -0.1) is 18.3 Å². The third-order valence-corrected chi connectivity index (χ3v) is 10.4. The number of carbonyl (C=O) groups is 3. The number of esters is 1. The Balaban J connectivity index is 1.86. The van der Waals surface area contributed by atoms with Crippen LogP contribution >= 0.6 is 11.8 Å². The lowest BCUT2D eigenvalue weighted by molar-refractivity contribution is -0.155. The molecular formula is C29H38N2O5S. The van der Waals surface area contributed by atoms with Crippen molar-refractivity contribution in [2.45, 2.75) is 68.5 Å².